The van der Waals surface area contributed by atoms with Gasteiger partial charge in [0.15, 0.2) is 0 Å². The van der Waals surface area contributed by atoms with Crippen LogP contribution in [0.2, 0.25) is 5.02 Å². The molecule has 0 aliphatic heterocycles. The van der Waals surface area contributed by atoms with E-state index >= 15 is 0 Å². The minimum Gasteiger partial charge on any atom is -0.457 e. The van der Waals surface area contributed by atoms with E-state index in [-0.39, 0.29) is 17.3 Å². The highest BCUT2D eigenvalue weighted by atomic mass is 35.5. The van der Waals surface area contributed by atoms with Gasteiger partial charge in [0.1, 0.15) is 17.2 Å². The van der Waals surface area contributed by atoms with Gasteiger partial charge in [0, 0.05) is 36.7 Å². The van der Waals surface area contributed by atoms with Crippen molar-refractivity contribution in [3.8, 4) is 11.5 Å². The largest absolute Gasteiger partial charge is 0.457 e. The van der Waals surface area contributed by atoms with E-state index in [1.807, 2.05) is 0 Å². The number of amides is 3. The summed E-state index contributed by atoms with van der Waals surface area (Å²) in [6.45, 7) is 3.36. The molecule has 0 saturated carbocycles. The fourth-order valence-electron chi connectivity index (χ4n) is 3.18. The first-order valence-corrected chi connectivity index (χ1v) is 10.8. The first-order chi connectivity index (χ1) is 16.5. The SMILES string of the molecule is CNC(=O)c1cc(Oc2ccc(NC(=O)N(c3ccc(Cl)c(C(F)(F)F)c3)C(C)C)cc2)ccn1. The minimum absolute atomic E-state index is 0.0544. The second kappa shape index (κ2) is 10.6. The Morgan fingerprint density at radius 1 is 1.03 bits per heavy atom. The van der Waals surface area contributed by atoms with Crippen LogP contribution in [0.15, 0.2) is 60.8 Å². The fourth-order valence-corrected chi connectivity index (χ4v) is 3.41. The van der Waals surface area contributed by atoms with Crippen molar-refractivity contribution in [3.05, 3.63) is 77.1 Å². The van der Waals surface area contributed by atoms with Gasteiger partial charge in [-0.25, -0.2) is 4.79 Å². The quantitative estimate of drug-likeness (QED) is 0.408. The number of aromatic nitrogens is 1. The maximum atomic E-state index is 13.3. The molecule has 0 unspecified atom stereocenters. The normalized spacial score (nSPS) is 11.2. The maximum Gasteiger partial charge on any atom is 0.417 e. The maximum absolute atomic E-state index is 13.3. The van der Waals surface area contributed by atoms with Crippen LogP contribution in [0.3, 0.4) is 0 Å². The Bertz CT molecular complexity index is 1220. The molecule has 184 valence electrons. The molecular weight excluding hydrogens is 485 g/mol. The van der Waals surface area contributed by atoms with Crippen LogP contribution in [0, 0.1) is 0 Å². The average Bonchev–Trinajstić information content (AvgIpc) is 2.80. The van der Waals surface area contributed by atoms with Crippen LogP contribution in [-0.2, 0) is 6.18 Å². The number of carbonyl (C=O) groups is 2. The number of carbonyl (C=O) groups excluding carboxylic acids is 2. The molecule has 2 N–H and O–H groups in total. The van der Waals surface area contributed by atoms with Gasteiger partial charge in [-0.2, -0.15) is 13.2 Å². The van der Waals surface area contributed by atoms with Crippen molar-refractivity contribution in [1.82, 2.24) is 10.3 Å². The van der Waals surface area contributed by atoms with Crippen LogP contribution in [0.4, 0.5) is 29.3 Å². The third-order valence-electron chi connectivity index (χ3n) is 4.80. The summed E-state index contributed by atoms with van der Waals surface area (Å²) in [5.74, 6) is 0.473. The number of nitrogens with one attached hydrogen (secondary N) is 2. The van der Waals surface area contributed by atoms with Crippen molar-refractivity contribution in [2.45, 2.75) is 26.1 Å². The predicted molar refractivity (Wildman–Crippen MR) is 127 cm³/mol. The van der Waals surface area contributed by atoms with Crippen molar-refractivity contribution >= 4 is 34.9 Å². The van der Waals surface area contributed by atoms with Gasteiger partial charge in [0.2, 0.25) is 0 Å². The zero-order chi connectivity index (χ0) is 25.8. The summed E-state index contributed by atoms with van der Waals surface area (Å²) in [5, 5.41) is 4.70. The summed E-state index contributed by atoms with van der Waals surface area (Å²) >= 11 is 5.70. The molecule has 3 rings (SSSR count). The van der Waals surface area contributed by atoms with Gasteiger partial charge in [0.05, 0.1) is 10.6 Å². The van der Waals surface area contributed by atoms with E-state index in [4.69, 9.17) is 16.3 Å². The number of anilines is 2. The second-order valence-corrected chi connectivity index (χ2v) is 8.05. The number of hydrogen-bond acceptors (Lipinski definition) is 4. The van der Waals surface area contributed by atoms with E-state index in [1.54, 1.807) is 44.2 Å². The number of rotatable bonds is 6. The molecule has 7 nitrogen and oxygen atoms in total. The Morgan fingerprint density at radius 2 is 1.71 bits per heavy atom. The molecule has 3 amide bonds. The number of urea groups is 1. The number of pyridine rings is 1. The molecule has 11 heteroatoms. The lowest BCUT2D eigenvalue weighted by atomic mass is 10.1. The van der Waals surface area contributed by atoms with Gasteiger partial charge in [-0.3, -0.25) is 14.7 Å². The summed E-state index contributed by atoms with van der Waals surface area (Å²) in [6, 6.07) is 11.7. The molecule has 0 radical (unpaired) electrons. The van der Waals surface area contributed by atoms with Crippen molar-refractivity contribution < 1.29 is 27.5 Å². The summed E-state index contributed by atoms with van der Waals surface area (Å²) in [5.41, 5.74) is -0.372. The molecule has 35 heavy (non-hydrogen) atoms. The molecule has 0 atom stereocenters. The van der Waals surface area contributed by atoms with E-state index in [0.717, 1.165) is 12.1 Å². The monoisotopic (exact) mass is 506 g/mol. The lowest BCUT2D eigenvalue weighted by Gasteiger charge is -2.28. The lowest BCUT2D eigenvalue weighted by Crippen LogP contribution is -2.40. The minimum atomic E-state index is -4.65. The number of halogens is 4. The Balaban J connectivity index is 1.75. The van der Waals surface area contributed by atoms with Crippen molar-refractivity contribution in [1.29, 1.82) is 0 Å². The predicted octanol–water partition coefficient (Wildman–Crippen LogP) is 6.35. The van der Waals surface area contributed by atoms with Gasteiger partial charge in [-0.15, -0.1) is 0 Å². The van der Waals surface area contributed by atoms with Crippen LogP contribution in [0.1, 0.15) is 29.9 Å². The highest BCUT2D eigenvalue weighted by molar-refractivity contribution is 6.31. The van der Waals surface area contributed by atoms with Gasteiger partial charge >= 0.3 is 12.2 Å². The Labute approximate surface area is 204 Å². The van der Waals surface area contributed by atoms with E-state index in [9.17, 15) is 22.8 Å². The van der Waals surface area contributed by atoms with E-state index in [2.05, 4.69) is 15.6 Å². The zero-order valence-electron chi connectivity index (χ0n) is 19.0. The summed E-state index contributed by atoms with van der Waals surface area (Å²) in [4.78, 5) is 29.8. The molecule has 0 bridgehead atoms. The molecule has 0 spiro atoms. The molecule has 0 aliphatic carbocycles. The Kier molecular flexibility index (Phi) is 7.85. The molecule has 0 aliphatic rings. The highest BCUT2D eigenvalue weighted by Gasteiger charge is 2.34. The lowest BCUT2D eigenvalue weighted by molar-refractivity contribution is -0.137. The smallest absolute Gasteiger partial charge is 0.417 e. The first kappa shape index (κ1) is 25.8. The van der Waals surface area contributed by atoms with Crippen LogP contribution >= 0.6 is 11.6 Å². The third kappa shape index (κ3) is 6.42. The zero-order valence-corrected chi connectivity index (χ0v) is 19.7. The van der Waals surface area contributed by atoms with E-state index in [0.29, 0.717) is 17.2 Å². The molecule has 0 saturated heterocycles. The topological polar surface area (TPSA) is 83.6 Å². The van der Waals surface area contributed by atoms with Gasteiger partial charge < -0.3 is 15.4 Å². The molecule has 1 aromatic heterocycles. The van der Waals surface area contributed by atoms with Crippen LogP contribution in [0.25, 0.3) is 0 Å². The van der Waals surface area contributed by atoms with Gasteiger partial charge in [0.25, 0.3) is 5.91 Å². The highest BCUT2D eigenvalue weighted by Crippen LogP contribution is 2.37. The number of ether oxygens (including phenoxy) is 1. The average molecular weight is 507 g/mol. The molecule has 3 aromatic rings. The molecule has 1 heterocycles. The number of benzene rings is 2. The third-order valence-corrected chi connectivity index (χ3v) is 5.13. The Hall–Kier alpha value is -3.79. The van der Waals surface area contributed by atoms with Crippen molar-refractivity contribution in [3.63, 3.8) is 0 Å². The second-order valence-electron chi connectivity index (χ2n) is 7.64. The molecule has 0 fully saturated rings. The standard InChI is InChI=1S/C24H22ClF3N4O3/c1-14(2)32(16-6-9-20(25)19(12-16)24(26,27)28)23(34)31-15-4-7-17(8-5-15)35-18-10-11-30-21(13-18)22(33)29-3/h4-14H,1-3H3,(H,29,33)(H,31,34). The molecule has 2 aromatic carbocycles. The van der Waals surface area contributed by atoms with Crippen molar-refractivity contribution in [2.24, 2.45) is 0 Å². The van der Waals surface area contributed by atoms with Gasteiger partial charge in [-0.05, 0) is 62.4 Å². The number of alkyl halides is 3. The van der Waals surface area contributed by atoms with Crippen LogP contribution < -0.4 is 20.3 Å². The van der Waals surface area contributed by atoms with E-state index in [1.165, 1.54) is 30.3 Å². The van der Waals surface area contributed by atoms with Gasteiger partial charge in [-0.1, -0.05) is 11.6 Å². The number of hydrogen-bond donors (Lipinski definition) is 2. The molecular formula is C24H22ClF3N4O3. The summed E-state index contributed by atoms with van der Waals surface area (Å²) in [7, 11) is 1.49. The fraction of sp³-hybridized carbons (Fsp3) is 0.208. The summed E-state index contributed by atoms with van der Waals surface area (Å²) < 4.78 is 45.6. The van der Waals surface area contributed by atoms with E-state index < -0.39 is 28.8 Å². The van der Waals surface area contributed by atoms with Crippen LogP contribution in [-0.4, -0.2) is 30.0 Å². The van der Waals surface area contributed by atoms with Crippen molar-refractivity contribution in [2.75, 3.05) is 17.3 Å². The summed E-state index contributed by atoms with van der Waals surface area (Å²) in [6.07, 6.45) is -3.21. The van der Waals surface area contributed by atoms with Crippen LogP contribution in [0.5, 0.6) is 11.5 Å². The first-order valence-electron chi connectivity index (χ1n) is 10.4. The number of nitrogens with zero attached hydrogens (tertiary/aromatic N) is 2. The Morgan fingerprint density at radius 3 is 2.31 bits per heavy atom.